The molecule has 1 aromatic carbocycles. The van der Waals surface area contributed by atoms with Crippen molar-refractivity contribution in [2.24, 2.45) is 5.73 Å². The van der Waals surface area contributed by atoms with E-state index in [9.17, 15) is 14.0 Å². The molecule has 3 saturated heterocycles. The van der Waals surface area contributed by atoms with Crippen LogP contribution in [0.4, 0.5) is 15.8 Å². The predicted octanol–water partition coefficient (Wildman–Crippen LogP) is 1.24. The van der Waals surface area contributed by atoms with Crippen molar-refractivity contribution in [1.29, 1.82) is 0 Å². The number of hydrogen-bond acceptors (Lipinski definition) is 7. The molecule has 3 fully saturated rings. The number of carbonyl (C=O) groups is 2. The lowest BCUT2D eigenvalue weighted by Gasteiger charge is -2.38. The van der Waals surface area contributed by atoms with E-state index in [0.717, 1.165) is 75.9 Å². The molecular formula is C22H33FN6O2. The monoisotopic (exact) mass is 432 g/mol. The average molecular weight is 433 g/mol. The van der Waals surface area contributed by atoms with Crippen molar-refractivity contribution in [2.45, 2.75) is 38.1 Å². The van der Waals surface area contributed by atoms with Crippen LogP contribution in [0.1, 0.15) is 32.1 Å². The van der Waals surface area contributed by atoms with Crippen LogP contribution in [0.15, 0.2) is 18.2 Å². The fourth-order valence-electron chi connectivity index (χ4n) is 4.48. The van der Waals surface area contributed by atoms with Crippen LogP contribution in [0.2, 0.25) is 0 Å². The number of benzene rings is 1. The number of amides is 2. The van der Waals surface area contributed by atoms with Crippen molar-refractivity contribution in [3.05, 3.63) is 24.0 Å². The standard InChI is InChI=1S/C22H33FN6O2/c23-19-16-18(4-5-20(19)25-29-21(30)2-1-3-22(29)31)28-14-12-27(13-15-28)11-10-26-8-6-17(24)7-9-26/h4-5,16-17,25H,1-3,6-15,24H2. The topological polar surface area (TPSA) is 85.2 Å². The third-order valence-electron chi connectivity index (χ3n) is 6.57. The second kappa shape index (κ2) is 9.93. The Hall–Kier alpha value is -2.23. The number of rotatable bonds is 6. The van der Waals surface area contributed by atoms with Crippen LogP contribution in [-0.4, -0.2) is 85.0 Å². The van der Waals surface area contributed by atoms with E-state index in [1.807, 2.05) is 6.07 Å². The van der Waals surface area contributed by atoms with Gasteiger partial charge in [0, 0.05) is 63.8 Å². The van der Waals surface area contributed by atoms with Crippen LogP contribution in [-0.2, 0) is 9.59 Å². The van der Waals surface area contributed by atoms with Gasteiger partial charge >= 0.3 is 0 Å². The molecule has 3 N–H and O–H groups in total. The Balaban J connectivity index is 1.26. The first kappa shape index (κ1) is 22.0. The zero-order valence-corrected chi connectivity index (χ0v) is 18.1. The number of nitrogens with one attached hydrogen (secondary N) is 1. The van der Waals surface area contributed by atoms with Gasteiger partial charge in [-0.1, -0.05) is 0 Å². The van der Waals surface area contributed by atoms with Crippen LogP contribution in [0, 0.1) is 5.82 Å². The molecule has 3 aliphatic rings. The highest BCUT2D eigenvalue weighted by Crippen LogP contribution is 2.25. The minimum Gasteiger partial charge on any atom is -0.369 e. The maximum atomic E-state index is 14.7. The normalized spacial score (nSPS) is 22.3. The molecule has 0 radical (unpaired) electrons. The summed E-state index contributed by atoms with van der Waals surface area (Å²) >= 11 is 0. The molecule has 0 unspecified atom stereocenters. The molecule has 0 atom stereocenters. The fourth-order valence-corrected chi connectivity index (χ4v) is 4.48. The molecule has 1 aromatic rings. The van der Waals surface area contributed by atoms with Crippen LogP contribution < -0.4 is 16.1 Å². The summed E-state index contributed by atoms with van der Waals surface area (Å²) in [6.45, 7) is 7.91. The van der Waals surface area contributed by atoms with Gasteiger partial charge in [0.05, 0.1) is 5.69 Å². The fraction of sp³-hybridized carbons (Fsp3) is 0.636. The van der Waals surface area contributed by atoms with Gasteiger partial charge in [0.15, 0.2) is 0 Å². The van der Waals surface area contributed by atoms with E-state index in [-0.39, 0.29) is 17.5 Å². The molecule has 2 amide bonds. The van der Waals surface area contributed by atoms with Crippen LogP contribution >= 0.6 is 0 Å². The molecule has 0 spiro atoms. The number of imide groups is 1. The van der Waals surface area contributed by atoms with E-state index in [1.165, 1.54) is 6.07 Å². The zero-order chi connectivity index (χ0) is 21.8. The first-order valence-corrected chi connectivity index (χ1v) is 11.4. The van der Waals surface area contributed by atoms with E-state index in [2.05, 4.69) is 20.1 Å². The van der Waals surface area contributed by atoms with Gasteiger partial charge in [0.1, 0.15) is 5.82 Å². The smallest absolute Gasteiger partial charge is 0.248 e. The maximum Gasteiger partial charge on any atom is 0.248 e. The largest absolute Gasteiger partial charge is 0.369 e. The summed E-state index contributed by atoms with van der Waals surface area (Å²) in [6.07, 6.45) is 3.33. The van der Waals surface area contributed by atoms with Gasteiger partial charge in [-0.3, -0.25) is 19.9 Å². The molecule has 0 saturated carbocycles. The molecule has 31 heavy (non-hydrogen) atoms. The Bertz CT molecular complexity index is 774. The molecule has 4 rings (SSSR count). The zero-order valence-electron chi connectivity index (χ0n) is 18.1. The van der Waals surface area contributed by atoms with E-state index in [0.29, 0.717) is 25.3 Å². The van der Waals surface area contributed by atoms with Gasteiger partial charge in [-0.05, 0) is 50.6 Å². The average Bonchev–Trinajstić information content (AvgIpc) is 2.77. The second-order valence-electron chi connectivity index (χ2n) is 8.76. The Morgan fingerprint density at radius 3 is 2.16 bits per heavy atom. The van der Waals surface area contributed by atoms with Gasteiger partial charge in [-0.2, -0.15) is 5.01 Å². The van der Waals surface area contributed by atoms with Crippen LogP contribution in [0.25, 0.3) is 0 Å². The molecule has 0 bridgehead atoms. The lowest BCUT2D eigenvalue weighted by molar-refractivity contribution is -0.146. The number of likely N-dealkylation sites (tertiary alicyclic amines) is 1. The minimum absolute atomic E-state index is 0.146. The third-order valence-corrected chi connectivity index (χ3v) is 6.57. The van der Waals surface area contributed by atoms with Crippen LogP contribution in [0.5, 0.6) is 0 Å². The number of hydrazine groups is 1. The van der Waals surface area contributed by atoms with Crippen molar-refractivity contribution in [3.63, 3.8) is 0 Å². The molecule has 0 aromatic heterocycles. The number of piperidine rings is 2. The molecule has 170 valence electrons. The number of piperazine rings is 1. The Morgan fingerprint density at radius 2 is 1.55 bits per heavy atom. The quantitative estimate of drug-likeness (QED) is 0.654. The molecular weight excluding hydrogens is 399 g/mol. The van der Waals surface area contributed by atoms with Crippen molar-refractivity contribution in [1.82, 2.24) is 14.8 Å². The summed E-state index contributed by atoms with van der Waals surface area (Å²) in [5, 5.41) is 0.941. The highest BCUT2D eigenvalue weighted by molar-refractivity contribution is 5.98. The molecule has 9 heteroatoms. The minimum atomic E-state index is -0.464. The third kappa shape index (κ3) is 5.53. The van der Waals surface area contributed by atoms with E-state index >= 15 is 0 Å². The van der Waals surface area contributed by atoms with Crippen molar-refractivity contribution in [3.8, 4) is 0 Å². The number of hydrogen-bond donors (Lipinski definition) is 2. The summed E-state index contributed by atoms with van der Waals surface area (Å²) in [6, 6.07) is 5.29. The summed E-state index contributed by atoms with van der Waals surface area (Å²) in [4.78, 5) is 31.0. The van der Waals surface area contributed by atoms with E-state index < -0.39 is 5.82 Å². The molecule has 0 aliphatic carbocycles. The van der Waals surface area contributed by atoms with Crippen molar-refractivity contribution in [2.75, 3.05) is 62.7 Å². The predicted molar refractivity (Wildman–Crippen MR) is 118 cm³/mol. The van der Waals surface area contributed by atoms with Gasteiger partial charge in [-0.15, -0.1) is 0 Å². The Labute approximate surface area is 183 Å². The number of halogens is 1. The lowest BCUT2D eigenvalue weighted by Crippen LogP contribution is -2.49. The highest BCUT2D eigenvalue weighted by atomic mass is 19.1. The SMILES string of the molecule is NC1CCN(CCN2CCN(c3ccc(NN4C(=O)CCCC4=O)c(F)c3)CC2)CC1. The lowest BCUT2D eigenvalue weighted by atomic mass is 10.1. The summed E-state index contributed by atoms with van der Waals surface area (Å²) in [5.74, 6) is -1.10. The van der Waals surface area contributed by atoms with Crippen molar-refractivity contribution < 1.29 is 14.0 Å². The van der Waals surface area contributed by atoms with Gasteiger partial charge in [0.2, 0.25) is 11.8 Å². The van der Waals surface area contributed by atoms with E-state index in [1.54, 1.807) is 6.07 Å². The first-order chi connectivity index (χ1) is 15.0. The first-order valence-electron chi connectivity index (χ1n) is 11.4. The van der Waals surface area contributed by atoms with Gasteiger partial charge < -0.3 is 15.5 Å². The summed E-state index contributed by atoms with van der Waals surface area (Å²) < 4.78 is 14.7. The molecule has 8 nitrogen and oxygen atoms in total. The number of anilines is 2. The summed E-state index contributed by atoms with van der Waals surface area (Å²) in [7, 11) is 0. The van der Waals surface area contributed by atoms with Gasteiger partial charge in [0.25, 0.3) is 0 Å². The maximum absolute atomic E-state index is 14.7. The Kier molecular flexibility index (Phi) is 7.04. The van der Waals surface area contributed by atoms with Crippen molar-refractivity contribution >= 4 is 23.2 Å². The van der Waals surface area contributed by atoms with Crippen LogP contribution in [0.3, 0.4) is 0 Å². The highest BCUT2D eigenvalue weighted by Gasteiger charge is 2.27. The summed E-state index contributed by atoms with van der Waals surface area (Å²) in [5.41, 5.74) is 9.61. The number of nitrogens with zero attached hydrogens (tertiary/aromatic N) is 4. The molecule has 3 heterocycles. The Morgan fingerprint density at radius 1 is 0.935 bits per heavy atom. The van der Waals surface area contributed by atoms with E-state index in [4.69, 9.17) is 5.73 Å². The second-order valence-corrected chi connectivity index (χ2v) is 8.76. The number of carbonyl (C=O) groups excluding carboxylic acids is 2. The van der Waals surface area contributed by atoms with Gasteiger partial charge in [-0.25, -0.2) is 4.39 Å². The number of nitrogens with two attached hydrogens (primary N) is 1. The molecule has 3 aliphatic heterocycles.